The first-order valence-electron chi connectivity index (χ1n) is 3.80. The van der Waals surface area contributed by atoms with Gasteiger partial charge in [0.1, 0.15) is 0 Å². The van der Waals surface area contributed by atoms with E-state index in [0.29, 0.717) is 0 Å². The fourth-order valence-electron chi connectivity index (χ4n) is 1.03. The fraction of sp³-hybridized carbons (Fsp3) is 0. The average molecular weight is 228 g/mol. The highest BCUT2D eigenvalue weighted by Crippen LogP contribution is 2.10. The predicted molar refractivity (Wildman–Crippen MR) is 52.4 cm³/mol. The molecule has 1 aromatic rings. The van der Waals surface area contributed by atoms with E-state index in [1.54, 1.807) is 0 Å². The van der Waals surface area contributed by atoms with Crippen molar-refractivity contribution < 1.29 is 18.0 Å². The molecule has 0 heterocycles. The van der Waals surface area contributed by atoms with Crippen LogP contribution in [0.2, 0.25) is 0 Å². The van der Waals surface area contributed by atoms with Gasteiger partial charge in [-0.3, -0.25) is 9.59 Å². The van der Waals surface area contributed by atoms with Crippen molar-refractivity contribution in [2.75, 3.05) is 0 Å². The Bertz CT molecular complexity index is 521. The molecule has 0 aliphatic rings. The number of sulfonamides is 1. The highest BCUT2D eigenvalue weighted by Gasteiger charge is 2.23. The number of amides is 1. The number of hydrogen-bond donors (Lipinski definition) is 2. The Kier molecular flexibility index (Phi) is 2.87. The monoisotopic (exact) mass is 228 g/mol. The van der Waals surface area contributed by atoms with Crippen molar-refractivity contribution >= 4 is 21.0 Å². The number of carbonyl (C=O) groups is 2. The molecule has 0 unspecified atom stereocenters. The number of nitrogens with two attached hydrogens (primary N) is 2. The van der Waals surface area contributed by atoms with Gasteiger partial charge in [0.2, 0.25) is 5.91 Å². The minimum absolute atomic E-state index is 0.170. The lowest BCUT2D eigenvalue weighted by Gasteiger charge is -2.02. The van der Waals surface area contributed by atoms with Crippen LogP contribution >= 0.6 is 0 Å². The summed E-state index contributed by atoms with van der Waals surface area (Å²) in [5.74, 6) is -0.886. The second-order valence-electron chi connectivity index (χ2n) is 2.74. The van der Waals surface area contributed by atoms with Gasteiger partial charge in [0.05, 0.1) is 5.56 Å². The van der Waals surface area contributed by atoms with Gasteiger partial charge in [0, 0.05) is 5.56 Å². The number of benzene rings is 1. The molecule has 1 amide bonds. The van der Waals surface area contributed by atoms with Crippen molar-refractivity contribution in [3.05, 3.63) is 35.4 Å². The summed E-state index contributed by atoms with van der Waals surface area (Å²) in [5.41, 5.74) is 4.49. The van der Waals surface area contributed by atoms with Crippen LogP contribution in [0.5, 0.6) is 0 Å². The van der Waals surface area contributed by atoms with Crippen LogP contribution in [0.3, 0.4) is 0 Å². The van der Waals surface area contributed by atoms with Crippen LogP contribution < -0.4 is 10.9 Å². The van der Waals surface area contributed by atoms with Crippen LogP contribution in [-0.2, 0) is 10.0 Å². The van der Waals surface area contributed by atoms with E-state index >= 15 is 0 Å². The molecule has 4 N–H and O–H groups in total. The van der Waals surface area contributed by atoms with E-state index in [1.807, 2.05) is 0 Å². The van der Waals surface area contributed by atoms with Crippen LogP contribution in [0, 0.1) is 0 Å². The smallest absolute Gasteiger partial charge is 0.292 e. The van der Waals surface area contributed by atoms with Crippen LogP contribution in [-0.4, -0.2) is 19.4 Å². The van der Waals surface area contributed by atoms with Gasteiger partial charge in [-0.15, -0.1) is 0 Å². The average Bonchev–Trinajstić information content (AvgIpc) is 2.15. The van der Waals surface area contributed by atoms with Crippen LogP contribution in [0.1, 0.15) is 20.7 Å². The molecule has 0 fully saturated rings. The Balaban J connectivity index is 3.39. The third-order valence-electron chi connectivity index (χ3n) is 1.67. The maximum absolute atomic E-state index is 11.3. The molecule has 80 valence electrons. The summed E-state index contributed by atoms with van der Waals surface area (Å²) in [4.78, 5) is 22.2. The largest absolute Gasteiger partial charge is 0.366 e. The van der Waals surface area contributed by atoms with Gasteiger partial charge in [0.25, 0.3) is 15.1 Å². The van der Waals surface area contributed by atoms with E-state index < -0.39 is 21.0 Å². The molecule has 0 saturated heterocycles. The zero-order valence-corrected chi connectivity index (χ0v) is 8.32. The van der Waals surface area contributed by atoms with Crippen molar-refractivity contribution in [2.45, 2.75) is 0 Å². The molecule has 7 heteroatoms. The Morgan fingerprint density at radius 1 is 1.07 bits per heavy atom. The van der Waals surface area contributed by atoms with E-state index in [4.69, 9.17) is 5.73 Å². The molecule has 0 aromatic heterocycles. The molecule has 0 aliphatic heterocycles. The minimum atomic E-state index is -4.36. The van der Waals surface area contributed by atoms with Crippen LogP contribution in [0.25, 0.3) is 0 Å². The summed E-state index contributed by atoms with van der Waals surface area (Å²) in [6, 6.07) is 5.29. The first-order valence-corrected chi connectivity index (χ1v) is 5.34. The molecule has 0 radical (unpaired) electrons. The van der Waals surface area contributed by atoms with Gasteiger partial charge in [-0.2, -0.15) is 0 Å². The molecule has 15 heavy (non-hydrogen) atoms. The van der Waals surface area contributed by atoms with Crippen LogP contribution in [0.4, 0.5) is 0 Å². The van der Waals surface area contributed by atoms with Gasteiger partial charge >= 0.3 is 0 Å². The molecule has 1 rings (SSSR count). The lowest BCUT2D eigenvalue weighted by atomic mass is 10.1. The molecular weight excluding hydrogens is 220 g/mol. The molecule has 0 aliphatic carbocycles. The third-order valence-corrected chi connectivity index (χ3v) is 2.41. The van der Waals surface area contributed by atoms with Gasteiger partial charge in [-0.25, -0.2) is 13.6 Å². The fourth-order valence-corrected chi connectivity index (χ4v) is 1.51. The summed E-state index contributed by atoms with van der Waals surface area (Å²) in [6.07, 6.45) is 0. The highest BCUT2D eigenvalue weighted by molar-refractivity contribution is 8.04. The van der Waals surface area contributed by atoms with Crippen molar-refractivity contribution in [3.8, 4) is 0 Å². The SMILES string of the molecule is NC(=O)c1ccccc1C(=O)S(N)(=O)=O. The minimum Gasteiger partial charge on any atom is -0.366 e. The summed E-state index contributed by atoms with van der Waals surface area (Å²) in [7, 11) is -4.36. The van der Waals surface area contributed by atoms with Crippen molar-refractivity contribution in [3.63, 3.8) is 0 Å². The normalized spacial score (nSPS) is 11.0. The van der Waals surface area contributed by atoms with Crippen molar-refractivity contribution in [1.82, 2.24) is 0 Å². The zero-order chi connectivity index (χ0) is 11.6. The van der Waals surface area contributed by atoms with Gasteiger partial charge in [-0.1, -0.05) is 12.1 Å². The third kappa shape index (κ3) is 2.39. The standard InChI is InChI=1S/C8H8N2O4S/c9-7(11)5-3-1-2-4-6(5)8(12)15(10,13)14/h1-4H,(H2,9,11)(H2,10,13,14). The summed E-state index contributed by atoms with van der Waals surface area (Å²) < 4.78 is 21.6. The molecule has 0 bridgehead atoms. The molecular formula is C8H8N2O4S. The predicted octanol–water partition coefficient (Wildman–Crippen LogP) is -0.786. The molecule has 1 aromatic carbocycles. The number of carbonyl (C=O) groups excluding carboxylic acids is 2. The first kappa shape index (κ1) is 11.3. The number of hydrogen-bond acceptors (Lipinski definition) is 4. The first-order chi connectivity index (χ1) is 6.84. The maximum atomic E-state index is 11.3. The van der Waals surface area contributed by atoms with Gasteiger partial charge < -0.3 is 5.73 Å². The molecule has 0 atom stereocenters. The molecule has 6 nitrogen and oxygen atoms in total. The van der Waals surface area contributed by atoms with Crippen LogP contribution in [0.15, 0.2) is 24.3 Å². The molecule has 0 saturated carbocycles. The lowest BCUT2D eigenvalue weighted by Crippen LogP contribution is -2.26. The quantitative estimate of drug-likeness (QED) is 0.689. The highest BCUT2D eigenvalue weighted by atomic mass is 32.2. The van der Waals surface area contributed by atoms with E-state index in [-0.39, 0.29) is 11.1 Å². The zero-order valence-electron chi connectivity index (χ0n) is 7.51. The Morgan fingerprint density at radius 2 is 1.53 bits per heavy atom. The Labute approximate surface area is 85.9 Å². The lowest BCUT2D eigenvalue weighted by molar-refractivity contribution is 0.0989. The van der Waals surface area contributed by atoms with E-state index in [9.17, 15) is 18.0 Å². The summed E-state index contributed by atoms with van der Waals surface area (Å²) >= 11 is 0. The second-order valence-corrected chi connectivity index (χ2v) is 4.20. The summed E-state index contributed by atoms with van der Waals surface area (Å²) in [6.45, 7) is 0. The maximum Gasteiger partial charge on any atom is 0.292 e. The van der Waals surface area contributed by atoms with E-state index in [2.05, 4.69) is 5.14 Å². The van der Waals surface area contributed by atoms with Crippen molar-refractivity contribution in [1.29, 1.82) is 0 Å². The topological polar surface area (TPSA) is 120 Å². The van der Waals surface area contributed by atoms with E-state index in [1.165, 1.54) is 24.3 Å². The second kappa shape index (κ2) is 3.79. The van der Waals surface area contributed by atoms with E-state index in [0.717, 1.165) is 0 Å². The van der Waals surface area contributed by atoms with Gasteiger partial charge in [0.15, 0.2) is 0 Å². The van der Waals surface area contributed by atoms with Crippen molar-refractivity contribution in [2.24, 2.45) is 10.9 Å². The number of rotatable bonds is 2. The number of primary sulfonamides is 1. The molecule has 0 spiro atoms. The Morgan fingerprint density at radius 3 is 1.93 bits per heavy atom. The summed E-state index contributed by atoms with van der Waals surface area (Å²) in [5, 5.41) is 3.33. The Hall–Kier alpha value is -1.73. The van der Waals surface area contributed by atoms with Gasteiger partial charge in [-0.05, 0) is 12.1 Å². The number of primary amides is 1.